The normalized spacial score (nSPS) is 10.2. The maximum Gasteiger partial charge on any atom is 0.319 e. The number of anilines is 3. The number of carbonyl (C=O) groups excluding carboxylic acids is 1. The van der Waals surface area contributed by atoms with Crippen molar-refractivity contribution >= 4 is 23.5 Å². The third-order valence-electron chi connectivity index (χ3n) is 3.09. The quantitative estimate of drug-likeness (QED) is 0.577. The molecule has 134 valence electrons. The van der Waals surface area contributed by atoms with E-state index in [1.54, 1.807) is 6.07 Å². The summed E-state index contributed by atoms with van der Waals surface area (Å²) in [4.78, 5) is 20.2. The Labute approximate surface area is 144 Å². The monoisotopic (exact) mass is 350 g/mol. The molecular formula is C16H20F2N6O. The molecule has 0 aliphatic heterocycles. The molecule has 0 radical (unpaired) electrons. The minimum atomic E-state index is -0.833. The van der Waals surface area contributed by atoms with E-state index in [1.807, 2.05) is 13.8 Å². The summed E-state index contributed by atoms with van der Waals surface area (Å²) in [5.74, 6) is -0.372. The molecule has 1 aromatic heterocycles. The van der Waals surface area contributed by atoms with Crippen LogP contribution in [0.25, 0.3) is 0 Å². The van der Waals surface area contributed by atoms with Gasteiger partial charge in [0.1, 0.15) is 17.5 Å². The van der Waals surface area contributed by atoms with Crippen molar-refractivity contribution in [3.05, 3.63) is 41.6 Å². The van der Waals surface area contributed by atoms with Gasteiger partial charge in [-0.15, -0.1) is 0 Å². The first kappa shape index (κ1) is 18.4. The van der Waals surface area contributed by atoms with E-state index in [-0.39, 0.29) is 12.2 Å². The molecule has 1 heterocycles. The number of amides is 2. The Bertz CT molecular complexity index is 741. The first-order valence-corrected chi connectivity index (χ1v) is 7.81. The molecule has 7 nitrogen and oxygen atoms in total. The summed E-state index contributed by atoms with van der Waals surface area (Å²) in [6.45, 7) is 5.22. The minimum absolute atomic E-state index is 0.0893. The number of carbonyl (C=O) groups is 1. The topological polar surface area (TPSA) is 91.0 Å². The van der Waals surface area contributed by atoms with Crippen LogP contribution in [0, 0.1) is 18.6 Å². The number of aromatic nitrogens is 2. The number of nitrogens with one attached hydrogen (secondary N) is 4. The number of hydrogen-bond acceptors (Lipinski definition) is 5. The van der Waals surface area contributed by atoms with Gasteiger partial charge in [0.05, 0.1) is 5.69 Å². The lowest BCUT2D eigenvalue weighted by Gasteiger charge is -2.11. The van der Waals surface area contributed by atoms with E-state index in [0.717, 1.165) is 17.8 Å². The molecule has 2 rings (SSSR count). The average molecular weight is 350 g/mol. The summed E-state index contributed by atoms with van der Waals surface area (Å²) in [5, 5.41) is 11.0. The number of aryl methyl sites for hydroxylation is 1. The van der Waals surface area contributed by atoms with Crippen LogP contribution in [-0.4, -0.2) is 35.6 Å². The number of urea groups is 1. The molecule has 9 heteroatoms. The highest BCUT2D eigenvalue weighted by molar-refractivity contribution is 5.89. The van der Waals surface area contributed by atoms with Crippen LogP contribution < -0.4 is 21.3 Å². The molecule has 0 saturated carbocycles. The second-order valence-corrected chi connectivity index (χ2v) is 5.18. The van der Waals surface area contributed by atoms with Gasteiger partial charge in [0.2, 0.25) is 5.95 Å². The largest absolute Gasteiger partial charge is 0.368 e. The summed E-state index contributed by atoms with van der Waals surface area (Å²) in [7, 11) is 0. The van der Waals surface area contributed by atoms with Gasteiger partial charge in [0, 0.05) is 37.5 Å². The van der Waals surface area contributed by atoms with Gasteiger partial charge in [-0.2, -0.15) is 4.98 Å². The van der Waals surface area contributed by atoms with Gasteiger partial charge in [0.15, 0.2) is 0 Å². The zero-order chi connectivity index (χ0) is 18.2. The predicted molar refractivity (Wildman–Crippen MR) is 92.8 cm³/mol. The maximum absolute atomic E-state index is 13.4. The van der Waals surface area contributed by atoms with E-state index >= 15 is 0 Å². The number of rotatable bonds is 7. The highest BCUT2D eigenvalue weighted by atomic mass is 19.1. The van der Waals surface area contributed by atoms with Crippen molar-refractivity contribution in [3.8, 4) is 0 Å². The molecule has 0 spiro atoms. The second kappa shape index (κ2) is 8.76. The Balaban J connectivity index is 1.78. The molecule has 0 aliphatic rings. The van der Waals surface area contributed by atoms with E-state index in [0.29, 0.717) is 30.9 Å². The fourth-order valence-electron chi connectivity index (χ4n) is 2.02. The van der Waals surface area contributed by atoms with Crippen molar-refractivity contribution in [1.29, 1.82) is 0 Å². The number of hydrogen-bond donors (Lipinski definition) is 4. The first-order chi connectivity index (χ1) is 12.0. The van der Waals surface area contributed by atoms with Crippen LogP contribution >= 0.6 is 0 Å². The number of halogens is 2. The lowest BCUT2D eigenvalue weighted by molar-refractivity contribution is 0.252. The van der Waals surface area contributed by atoms with Gasteiger partial charge in [-0.3, -0.25) is 0 Å². The lowest BCUT2D eigenvalue weighted by Crippen LogP contribution is -2.33. The van der Waals surface area contributed by atoms with Crippen LogP contribution in [0.3, 0.4) is 0 Å². The Hall–Kier alpha value is -2.97. The van der Waals surface area contributed by atoms with E-state index in [1.165, 1.54) is 0 Å². The van der Waals surface area contributed by atoms with Crippen LogP contribution in [0.1, 0.15) is 12.6 Å². The van der Waals surface area contributed by atoms with Gasteiger partial charge in [-0.1, -0.05) is 0 Å². The second-order valence-electron chi connectivity index (χ2n) is 5.18. The summed E-state index contributed by atoms with van der Waals surface area (Å²) < 4.78 is 26.3. The van der Waals surface area contributed by atoms with Crippen LogP contribution in [0.5, 0.6) is 0 Å². The average Bonchev–Trinajstić information content (AvgIpc) is 2.54. The van der Waals surface area contributed by atoms with Gasteiger partial charge in [0.25, 0.3) is 0 Å². The molecular weight excluding hydrogens is 330 g/mol. The fourth-order valence-corrected chi connectivity index (χ4v) is 2.02. The predicted octanol–water partition coefficient (Wildman–Crippen LogP) is 2.73. The van der Waals surface area contributed by atoms with E-state index < -0.39 is 17.7 Å². The lowest BCUT2D eigenvalue weighted by atomic mass is 10.3. The van der Waals surface area contributed by atoms with E-state index in [4.69, 9.17) is 0 Å². The zero-order valence-corrected chi connectivity index (χ0v) is 14.0. The molecule has 2 aromatic rings. The van der Waals surface area contributed by atoms with Crippen LogP contribution in [0.2, 0.25) is 0 Å². The first-order valence-electron chi connectivity index (χ1n) is 7.81. The molecule has 0 unspecified atom stereocenters. The van der Waals surface area contributed by atoms with Crippen molar-refractivity contribution in [2.75, 3.05) is 35.6 Å². The van der Waals surface area contributed by atoms with Gasteiger partial charge < -0.3 is 21.3 Å². The number of nitrogens with zero attached hydrogens (tertiary/aromatic N) is 2. The standard InChI is InChI=1S/C16H20F2N6O/c1-3-19-15-22-10(2)8-14(24-15)20-6-7-21-16(25)23-13-5-4-11(17)9-12(13)18/h4-5,8-9H,3,6-7H2,1-2H3,(H2,21,23,25)(H2,19,20,22,24). The van der Waals surface area contributed by atoms with Crippen LogP contribution in [0.15, 0.2) is 24.3 Å². The van der Waals surface area contributed by atoms with E-state index in [2.05, 4.69) is 31.2 Å². The Morgan fingerprint density at radius 1 is 1.12 bits per heavy atom. The molecule has 0 saturated heterocycles. The van der Waals surface area contributed by atoms with Crippen molar-refractivity contribution in [2.45, 2.75) is 13.8 Å². The molecule has 2 amide bonds. The SMILES string of the molecule is CCNc1nc(C)cc(NCCNC(=O)Nc2ccc(F)cc2F)n1. The smallest absolute Gasteiger partial charge is 0.319 e. The summed E-state index contributed by atoms with van der Waals surface area (Å²) in [5.41, 5.74) is 0.722. The fraction of sp³-hybridized carbons (Fsp3) is 0.312. The van der Waals surface area contributed by atoms with Crippen molar-refractivity contribution in [2.24, 2.45) is 0 Å². The zero-order valence-electron chi connectivity index (χ0n) is 14.0. The minimum Gasteiger partial charge on any atom is -0.368 e. The van der Waals surface area contributed by atoms with Crippen molar-refractivity contribution < 1.29 is 13.6 Å². The van der Waals surface area contributed by atoms with Gasteiger partial charge in [-0.25, -0.2) is 18.6 Å². The highest BCUT2D eigenvalue weighted by Gasteiger charge is 2.07. The molecule has 0 bridgehead atoms. The van der Waals surface area contributed by atoms with Gasteiger partial charge in [-0.05, 0) is 26.0 Å². The molecule has 0 atom stereocenters. The van der Waals surface area contributed by atoms with Crippen molar-refractivity contribution in [3.63, 3.8) is 0 Å². The highest BCUT2D eigenvalue weighted by Crippen LogP contribution is 2.14. The van der Waals surface area contributed by atoms with Crippen LogP contribution in [0.4, 0.5) is 31.0 Å². The molecule has 0 fully saturated rings. The summed E-state index contributed by atoms with van der Waals surface area (Å²) in [6, 6.07) is 4.14. The Morgan fingerprint density at radius 2 is 1.92 bits per heavy atom. The molecule has 0 aliphatic carbocycles. The Morgan fingerprint density at radius 3 is 2.64 bits per heavy atom. The molecule has 4 N–H and O–H groups in total. The summed E-state index contributed by atoms with van der Waals surface area (Å²) in [6.07, 6.45) is 0. The number of benzene rings is 1. The Kier molecular flexibility index (Phi) is 6.44. The van der Waals surface area contributed by atoms with E-state index in [9.17, 15) is 13.6 Å². The molecule has 1 aromatic carbocycles. The molecule has 25 heavy (non-hydrogen) atoms. The summed E-state index contributed by atoms with van der Waals surface area (Å²) >= 11 is 0. The van der Waals surface area contributed by atoms with Crippen molar-refractivity contribution in [1.82, 2.24) is 15.3 Å². The third kappa shape index (κ3) is 5.87. The third-order valence-corrected chi connectivity index (χ3v) is 3.09. The maximum atomic E-state index is 13.4. The van der Waals surface area contributed by atoms with Gasteiger partial charge >= 0.3 is 6.03 Å². The van der Waals surface area contributed by atoms with Crippen LogP contribution in [-0.2, 0) is 0 Å².